The molecule has 0 unspecified atom stereocenters. The molecule has 0 aromatic heterocycles. The van der Waals surface area contributed by atoms with E-state index in [1.54, 1.807) is 6.08 Å². The Morgan fingerprint density at radius 2 is 2.12 bits per heavy atom. The molecule has 0 heterocycles. The van der Waals surface area contributed by atoms with Crippen molar-refractivity contribution < 1.29 is 4.79 Å². The monoisotopic (exact) mass is 214 g/mol. The summed E-state index contributed by atoms with van der Waals surface area (Å²) in [6, 6.07) is 7.39. The zero-order valence-electron chi connectivity index (χ0n) is 8.94. The van der Waals surface area contributed by atoms with Crippen molar-refractivity contribution >= 4 is 12.0 Å². The number of nitrogens with two attached hydrogens (primary N) is 1. The molecule has 0 fully saturated rings. The molecule has 3 N–H and O–H groups in total. The standard InChI is InChI=1S/C13H14N2O/c1-2-11-3-5-12(6-4-11)7-8-13(16)15-10-9-14/h1,3-8H,9-10,14H2,(H,15,16)/b8-7+. The molecule has 0 radical (unpaired) electrons. The minimum atomic E-state index is -0.147. The van der Waals surface area contributed by atoms with Crippen LogP contribution in [0.3, 0.4) is 0 Å². The molecule has 1 aromatic rings. The van der Waals surface area contributed by atoms with Crippen LogP contribution in [-0.2, 0) is 4.79 Å². The van der Waals surface area contributed by atoms with Crippen molar-refractivity contribution in [2.75, 3.05) is 13.1 Å². The van der Waals surface area contributed by atoms with Gasteiger partial charge in [0.2, 0.25) is 5.91 Å². The second kappa shape index (κ2) is 6.44. The SMILES string of the molecule is C#Cc1ccc(/C=C/C(=O)NCCN)cc1. The molecule has 82 valence electrons. The molecule has 0 aliphatic heterocycles. The van der Waals surface area contributed by atoms with E-state index in [0.29, 0.717) is 13.1 Å². The first-order chi connectivity index (χ1) is 7.76. The summed E-state index contributed by atoms with van der Waals surface area (Å²) in [4.78, 5) is 11.2. The Kier molecular flexibility index (Phi) is 4.84. The molecule has 1 amide bonds. The second-order valence-corrected chi connectivity index (χ2v) is 3.18. The summed E-state index contributed by atoms with van der Waals surface area (Å²) in [5, 5.41) is 2.64. The minimum Gasteiger partial charge on any atom is -0.351 e. The fourth-order valence-electron chi connectivity index (χ4n) is 1.12. The van der Waals surface area contributed by atoms with Gasteiger partial charge in [-0.15, -0.1) is 6.42 Å². The average Bonchev–Trinajstić information content (AvgIpc) is 2.34. The van der Waals surface area contributed by atoms with Gasteiger partial charge in [-0.25, -0.2) is 0 Å². The van der Waals surface area contributed by atoms with Crippen molar-refractivity contribution in [1.82, 2.24) is 5.32 Å². The van der Waals surface area contributed by atoms with Gasteiger partial charge < -0.3 is 11.1 Å². The van der Waals surface area contributed by atoms with Crippen LogP contribution in [-0.4, -0.2) is 19.0 Å². The van der Waals surface area contributed by atoms with Crippen molar-refractivity contribution in [3.05, 3.63) is 41.5 Å². The zero-order valence-corrected chi connectivity index (χ0v) is 8.94. The van der Waals surface area contributed by atoms with E-state index < -0.39 is 0 Å². The third-order valence-corrected chi connectivity index (χ3v) is 1.95. The predicted octanol–water partition coefficient (Wildman–Crippen LogP) is 0.756. The van der Waals surface area contributed by atoms with Crippen molar-refractivity contribution in [2.24, 2.45) is 5.73 Å². The number of amides is 1. The van der Waals surface area contributed by atoms with E-state index in [1.165, 1.54) is 6.08 Å². The van der Waals surface area contributed by atoms with E-state index in [4.69, 9.17) is 12.2 Å². The van der Waals surface area contributed by atoms with Gasteiger partial charge in [-0.05, 0) is 23.8 Å². The normalized spacial score (nSPS) is 10.0. The van der Waals surface area contributed by atoms with Gasteiger partial charge in [-0.3, -0.25) is 4.79 Å². The summed E-state index contributed by atoms with van der Waals surface area (Å²) < 4.78 is 0. The molecule has 3 nitrogen and oxygen atoms in total. The smallest absolute Gasteiger partial charge is 0.244 e. The Labute approximate surface area is 95.3 Å². The van der Waals surface area contributed by atoms with Crippen LogP contribution in [0.15, 0.2) is 30.3 Å². The van der Waals surface area contributed by atoms with Crippen LogP contribution in [0.5, 0.6) is 0 Å². The summed E-state index contributed by atoms with van der Waals surface area (Å²) in [5.74, 6) is 2.38. The third-order valence-electron chi connectivity index (χ3n) is 1.95. The van der Waals surface area contributed by atoms with E-state index >= 15 is 0 Å². The molecule has 3 heteroatoms. The molecule has 1 aromatic carbocycles. The fraction of sp³-hybridized carbons (Fsp3) is 0.154. The molecule has 0 saturated heterocycles. The van der Waals surface area contributed by atoms with Crippen molar-refractivity contribution in [3.8, 4) is 12.3 Å². The summed E-state index contributed by atoms with van der Waals surface area (Å²) in [6.07, 6.45) is 8.43. The Hall–Kier alpha value is -2.05. The van der Waals surface area contributed by atoms with Crippen molar-refractivity contribution in [1.29, 1.82) is 0 Å². The van der Waals surface area contributed by atoms with E-state index in [0.717, 1.165) is 11.1 Å². The van der Waals surface area contributed by atoms with E-state index in [1.807, 2.05) is 24.3 Å². The Morgan fingerprint density at radius 1 is 1.44 bits per heavy atom. The van der Waals surface area contributed by atoms with Crippen LogP contribution in [0.2, 0.25) is 0 Å². The lowest BCUT2D eigenvalue weighted by atomic mass is 10.1. The maximum absolute atomic E-state index is 11.2. The molecule has 16 heavy (non-hydrogen) atoms. The molecule has 0 aliphatic rings. The number of carbonyl (C=O) groups is 1. The highest BCUT2D eigenvalue weighted by molar-refractivity contribution is 5.91. The first-order valence-electron chi connectivity index (χ1n) is 4.99. The predicted molar refractivity (Wildman–Crippen MR) is 65.5 cm³/mol. The number of rotatable bonds is 4. The molecular formula is C13H14N2O. The van der Waals surface area contributed by atoms with E-state index in [2.05, 4.69) is 11.2 Å². The number of nitrogens with one attached hydrogen (secondary N) is 1. The highest BCUT2D eigenvalue weighted by atomic mass is 16.1. The maximum Gasteiger partial charge on any atom is 0.244 e. The number of carbonyl (C=O) groups excluding carboxylic acids is 1. The van der Waals surface area contributed by atoms with Gasteiger partial charge in [0.25, 0.3) is 0 Å². The van der Waals surface area contributed by atoms with Crippen molar-refractivity contribution in [2.45, 2.75) is 0 Å². The zero-order chi connectivity index (χ0) is 11.8. The average molecular weight is 214 g/mol. The Bertz CT molecular complexity index is 413. The van der Waals surface area contributed by atoms with Crippen LogP contribution >= 0.6 is 0 Å². The van der Waals surface area contributed by atoms with Gasteiger partial charge in [0.1, 0.15) is 0 Å². The number of hydrogen-bond acceptors (Lipinski definition) is 2. The fourth-order valence-corrected chi connectivity index (χ4v) is 1.12. The van der Waals surface area contributed by atoms with E-state index in [9.17, 15) is 4.79 Å². The van der Waals surface area contributed by atoms with Crippen LogP contribution in [0.4, 0.5) is 0 Å². The summed E-state index contributed by atoms with van der Waals surface area (Å²) >= 11 is 0. The molecule has 0 spiro atoms. The molecule has 0 atom stereocenters. The molecule has 1 rings (SSSR count). The van der Waals surface area contributed by atoms with Crippen LogP contribution in [0.1, 0.15) is 11.1 Å². The minimum absolute atomic E-state index is 0.147. The Morgan fingerprint density at radius 3 is 2.69 bits per heavy atom. The first kappa shape index (κ1) is 12.0. The van der Waals surface area contributed by atoms with Gasteiger partial charge in [0.05, 0.1) is 0 Å². The molecular weight excluding hydrogens is 200 g/mol. The quantitative estimate of drug-likeness (QED) is 0.574. The Balaban J connectivity index is 2.56. The summed E-state index contributed by atoms with van der Waals surface area (Å²) in [6.45, 7) is 0.926. The summed E-state index contributed by atoms with van der Waals surface area (Å²) in [7, 11) is 0. The van der Waals surface area contributed by atoms with Gasteiger partial charge >= 0.3 is 0 Å². The van der Waals surface area contributed by atoms with Gasteiger partial charge in [-0.2, -0.15) is 0 Å². The van der Waals surface area contributed by atoms with Gasteiger partial charge in [-0.1, -0.05) is 18.1 Å². The van der Waals surface area contributed by atoms with Crippen LogP contribution in [0.25, 0.3) is 6.08 Å². The van der Waals surface area contributed by atoms with Crippen LogP contribution in [0, 0.1) is 12.3 Å². The second-order valence-electron chi connectivity index (χ2n) is 3.18. The molecule has 0 saturated carbocycles. The first-order valence-corrected chi connectivity index (χ1v) is 4.99. The highest BCUT2D eigenvalue weighted by Crippen LogP contribution is 2.04. The lowest BCUT2D eigenvalue weighted by Crippen LogP contribution is -2.27. The van der Waals surface area contributed by atoms with Gasteiger partial charge in [0, 0.05) is 24.7 Å². The third kappa shape index (κ3) is 3.99. The maximum atomic E-state index is 11.2. The lowest BCUT2D eigenvalue weighted by Gasteiger charge is -1.97. The number of hydrogen-bond donors (Lipinski definition) is 2. The van der Waals surface area contributed by atoms with Crippen LogP contribution < -0.4 is 11.1 Å². The van der Waals surface area contributed by atoms with Crippen molar-refractivity contribution in [3.63, 3.8) is 0 Å². The van der Waals surface area contributed by atoms with E-state index in [-0.39, 0.29) is 5.91 Å². The summed E-state index contributed by atoms with van der Waals surface area (Å²) in [5.41, 5.74) is 7.01. The topological polar surface area (TPSA) is 55.1 Å². The van der Waals surface area contributed by atoms with Gasteiger partial charge in [0.15, 0.2) is 0 Å². The number of benzene rings is 1. The lowest BCUT2D eigenvalue weighted by molar-refractivity contribution is -0.116. The molecule has 0 bridgehead atoms. The largest absolute Gasteiger partial charge is 0.351 e. The number of terminal acetylenes is 1. The highest BCUT2D eigenvalue weighted by Gasteiger charge is 1.93. The molecule has 0 aliphatic carbocycles.